The van der Waals surface area contributed by atoms with Crippen molar-refractivity contribution in [2.75, 3.05) is 33.1 Å². The number of pyridine rings is 1. The summed E-state index contributed by atoms with van der Waals surface area (Å²) in [5.74, 6) is -1.09. The fourth-order valence-corrected chi connectivity index (χ4v) is 3.71. The number of hydrogen-bond acceptors (Lipinski definition) is 5. The highest BCUT2D eigenvalue weighted by molar-refractivity contribution is 6.00. The first-order valence-corrected chi connectivity index (χ1v) is 10.9. The van der Waals surface area contributed by atoms with Gasteiger partial charge in [0.15, 0.2) is 11.6 Å². The maximum absolute atomic E-state index is 14.9. The molecule has 0 fully saturated rings. The molecule has 0 saturated carbocycles. The van der Waals surface area contributed by atoms with E-state index >= 15 is 0 Å². The molecule has 2 N–H and O–H groups in total. The Morgan fingerprint density at radius 2 is 2.06 bits per heavy atom. The number of carbonyl (C=O) groups excluding carboxylic acids is 1. The van der Waals surface area contributed by atoms with Crippen LogP contribution in [0.25, 0.3) is 33.3 Å². The quantitative estimate of drug-likeness (QED) is 0.373. The number of carbonyl (C=O) groups is 1. The van der Waals surface area contributed by atoms with Gasteiger partial charge in [-0.2, -0.15) is 5.26 Å². The predicted molar refractivity (Wildman–Crippen MR) is 135 cm³/mol. The molecule has 176 valence electrons. The zero-order chi connectivity index (χ0) is 24.9. The van der Waals surface area contributed by atoms with Crippen LogP contribution in [-0.2, 0) is 4.79 Å². The molecule has 8 heteroatoms. The Bertz CT molecular complexity index is 1470. The van der Waals surface area contributed by atoms with Gasteiger partial charge in [0.2, 0.25) is 5.91 Å². The van der Waals surface area contributed by atoms with Gasteiger partial charge < -0.3 is 19.9 Å². The standard InChI is InChI=1S/C27H24FN5O2/c1-33(2)9-5-8-25(34)32-23-12-19(13-24(35-3)26(23)28)20-11-21-22(16-31-27(21)30-15-20)18-7-4-6-17(10-18)14-29/h4-8,10-13,15-16H,9H2,1-3H3,(H,30,31)(H,32,34)/b8-5+. The van der Waals surface area contributed by atoms with Crippen LogP contribution in [0.3, 0.4) is 0 Å². The number of anilines is 1. The van der Waals surface area contributed by atoms with Crippen LogP contribution in [0.1, 0.15) is 5.56 Å². The Labute approximate surface area is 202 Å². The Morgan fingerprint density at radius 3 is 2.80 bits per heavy atom. The number of ether oxygens (including phenoxy) is 1. The minimum Gasteiger partial charge on any atom is -0.494 e. The minimum absolute atomic E-state index is 0.00572. The van der Waals surface area contributed by atoms with Gasteiger partial charge >= 0.3 is 0 Å². The molecule has 0 aliphatic rings. The molecule has 0 radical (unpaired) electrons. The summed E-state index contributed by atoms with van der Waals surface area (Å²) in [6.07, 6.45) is 6.58. The van der Waals surface area contributed by atoms with Gasteiger partial charge in [-0.3, -0.25) is 4.79 Å². The molecule has 0 unspecified atom stereocenters. The summed E-state index contributed by atoms with van der Waals surface area (Å²) >= 11 is 0. The smallest absolute Gasteiger partial charge is 0.248 e. The summed E-state index contributed by atoms with van der Waals surface area (Å²) in [5, 5.41) is 12.7. The lowest BCUT2D eigenvalue weighted by molar-refractivity contribution is -0.111. The molecule has 0 aliphatic carbocycles. The lowest BCUT2D eigenvalue weighted by atomic mass is 10.0. The number of aromatic amines is 1. The second kappa shape index (κ2) is 10.2. The number of fused-ring (bicyclic) bond motifs is 1. The van der Waals surface area contributed by atoms with Crippen LogP contribution in [0.5, 0.6) is 5.75 Å². The Morgan fingerprint density at radius 1 is 1.23 bits per heavy atom. The number of amides is 1. The zero-order valence-electron chi connectivity index (χ0n) is 19.6. The van der Waals surface area contributed by atoms with Crippen molar-refractivity contribution in [2.45, 2.75) is 0 Å². The van der Waals surface area contributed by atoms with E-state index in [2.05, 4.69) is 21.4 Å². The van der Waals surface area contributed by atoms with Gasteiger partial charge in [-0.05, 0) is 55.6 Å². The van der Waals surface area contributed by atoms with E-state index in [1.54, 1.807) is 30.5 Å². The molecular weight excluding hydrogens is 445 g/mol. The minimum atomic E-state index is -0.657. The number of halogens is 1. The van der Waals surface area contributed by atoms with Gasteiger partial charge in [0.25, 0.3) is 0 Å². The van der Waals surface area contributed by atoms with Gasteiger partial charge in [0.1, 0.15) is 5.65 Å². The summed E-state index contributed by atoms with van der Waals surface area (Å²) in [5.41, 5.74) is 4.36. The van der Waals surface area contributed by atoms with E-state index in [-0.39, 0.29) is 11.4 Å². The maximum Gasteiger partial charge on any atom is 0.248 e. The highest BCUT2D eigenvalue weighted by atomic mass is 19.1. The molecule has 35 heavy (non-hydrogen) atoms. The lowest BCUT2D eigenvalue weighted by Crippen LogP contribution is -2.13. The number of aromatic nitrogens is 2. The molecule has 0 bridgehead atoms. The molecule has 2 aromatic heterocycles. The van der Waals surface area contributed by atoms with Crippen molar-refractivity contribution in [3.8, 4) is 34.1 Å². The monoisotopic (exact) mass is 469 g/mol. The first-order valence-electron chi connectivity index (χ1n) is 10.9. The summed E-state index contributed by atoms with van der Waals surface area (Å²) in [6, 6.07) is 14.5. The van der Waals surface area contributed by atoms with Gasteiger partial charge in [-0.25, -0.2) is 9.37 Å². The molecule has 4 aromatic rings. The van der Waals surface area contributed by atoms with Crippen molar-refractivity contribution in [3.63, 3.8) is 0 Å². The number of hydrogen-bond donors (Lipinski definition) is 2. The third kappa shape index (κ3) is 5.21. The number of rotatable bonds is 7. The van der Waals surface area contributed by atoms with Crippen LogP contribution < -0.4 is 10.1 Å². The van der Waals surface area contributed by atoms with Gasteiger partial charge in [0.05, 0.1) is 24.4 Å². The summed E-state index contributed by atoms with van der Waals surface area (Å²) in [4.78, 5) is 21.9. The van der Waals surface area contributed by atoms with Crippen molar-refractivity contribution in [1.82, 2.24) is 14.9 Å². The van der Waals surface area contributed by atoms with E-state index in [0.29, 0.717) is 28.9 Å². The third-order valence-electron chi connectivity index (χ3n) is 5.42. The molecule has 0 spiro atoms. The van der Waals surface area contributed by atoms with Crippen LogP contribution in [0.15, 0.2) is 67.0 Å². The molecule has 0 aliphatic heterocycles. The average Bonchev–Trinajstić information content (AvgIpc) is 3.28. The van der Waals surface area contributed by atoms with Crippen LogP contribution in [-0.4, -0.2) is 48.5 Å². The van der Waals surface area contributed by atoms with E-state index in [9.17, 15) is 14.4 Å². The van der Waals surface area contributed by atoms with Crippen molar-refractivity contribution in [1.29, 1.82) is 5.26 Å². The van der Waals surface area contributed by atoms with E-state index in [0.717, 1.165) is 16.5 Å². The number of nitriles is 1. The van der Waals surface area contributed by atoms with E-state index in [1.165, 1.54) is 13.2 Å². The van der Waals surface area contributed by atoms with Crippen LogP contribution in [0.4, 0.5) is 10.1 Å². The summed E-state index contributed by atoms with van der Waals surface area (Å²) in [6.45, 7) is 0.585. The van der Waals surface area contributed by atoms with E-state index in [4.69, 9.17) is 4.74 Å². The zero-order valence-corrected chi connectivity index (χ0v) is 19.6. The van der Waals surface area contributed by atoms with Crippen molar-refractivity contribution in [3.05, 3.63) is 78.4 Å². The van der Waals surface area contributed by atoms with Crippen molar-refractivity contribution < 1.29 is 13.9 Å². The first-order chi connectivity index (χ1) is 16.9. The summed E-state index contributed by atoms with van der Waals surface area (Å²) in [7, 11) is 5.15. The third-order valence-corrected chi connectivity index (χ3v) is 5.42. The van der Waals surface area contributed by atoms with Crippen molar-refractivity contribution in [2.24, 2.45) is 0 Å². The van der Waals surface area contributed by atoms with Gasteiger partial charge in [-0.1, -0.05) is 18.2 Å². The number of likely N-dealkylation sites (N-methyl/N-ethyl adjacent to an activating group) is 1. The predicted octanol–water partition coefficient (Wildman–Crippen LogP) is 4.97. The van der Waals surface area contributed by atoms with Crippen molar-refractivity contribution >= 4 is 22.6 Å². The second-order valence-electron chi connectivity index (χ2n) is 8.21. The normalized spacial score (nSPS) is 11.2. The Kier molecular flexibility index (Phi) is 6.90. The highest BCUT2D eigenvalue weighted by Gasteiger charge is 2.16. The molecule has 4 rings (SSSR count). The fourth-order valence-electron chi connectivity index (χ4n) is 3.71. The molecule has 7 nitrogen and oxygen atoms in total. The molecule has 2 aromatic carbocycles. The first kappa shape index (κ1) is 23.7. The highest BCUT2D eigenvalue weighted by Crippen LogP contribution is 2.35. The van der Waals surface area contributed by atoms with Gasteiger partial charge in [-0.15, -0.1) is 0 Å². The summed E-state index contributed by atoms with van der Waals surface area (Å²) < 4.78 is 20.1. The van der Waals surface area contributed by atoms with E-state index in [1.807, 2.05) is 49.5 Å². The van der Waals surface area contributed by atoms with Gasteiger partial charge in [0, 0.05) is 41.5 Å². The van der Waals surface area contributed by atoms with E-state index < -0.39 is 11.7 Å². The number of H-pyrrole nitrogens is 1. The number of benzene rings is 2. The maximum atomic E-state index is 14.9. The Balaban J connectivity index is 1.73. The largest absolute Gasteiger partial charge is 0.494 e. The fraction of sp³-hybridized carbons (Fsp3) is 0.148. The number of nitrogens with one attached hydrogen (secondary N) is 2. The molecule has 0 atom stereocenters. The molecule has 1 amide bonds. The SMILES string of the molecule is COc1cc(-c2cnc3[nH]cc(-c4cccc(C#N)c4)c3c2)cc(NC(=O)/C=C/CN(C)C)c1F. The number of nitrogens with zero attached hydrogens (tertiary/aromatic N) is 3. The molecule has 2 heterocycles. The van der Waals surface area contributed by atoms with Crippen LogP contribution in [0.2, 0.25) is 0 Å². The second-order valence-corrected chi connectivity index (χ2v) is 8.21. The average molecular weight is 470 g/mol. The lowest BCUT2D eigenvalue weighted by Gasteiger charge is -2.12. The number of methoxy groups -OCH3 is 1. The molecule has 0 saturated heterocycles. The molecular formula is C27H24FN5O2. The topological polar surface area (TPSA) is 94.0 Å². The van der Waals surface area contributed by atoms with Crippen LogP contribution >= 0.6 is 0 Å². The van der Waals surface area contributed by atoms with Crippen LogP contribution in [0, 0.1) is 17.1 Å². The Hall–Kier alpha value is -4.48.